The van der Waals surface area contributed by atoms with Crippen LogP contribution in [-0.4, -0.2) is 8.76 Å². The zero-order valence-electron chi connectivity index (χ0n) is 6.93. The molecule has 0 aliphatic rings. The summed E-state index contributed by atoms with van der Waals surface area (Å²) in [6.07, 6.45) is 0. The summed E-state index contributed by atoms with van der Waals surface area (Å²) >= 11 is -2.01. The highest BCUT2D eigenvalue weighted by Gasteiger charge is 1.92. The first-order valence-electron chi connectivity index (χ1n) is 3.56. The standard InChI is InChI=1S/C8H11NO2S.ClH/c9-5-7-1-3-8(4-2-7)6-12(10)11;/h1-4H,5-6,9H2,(H,10,11);1H/p-1. The number of nitrogens with two attached hydrogens (primary N) is 1. The summed E-state index contributed by atoms with van der Waals surface area (Å²) in [6, 6.07) is 7.22. The molecule has 1 rings (SSSR count). The van der Waals surface area contributed by atoms with Gasteiger partial charge in [0.05, 0.1) is 0 Å². The van der Waals surface area contributed by atoms with Crippen LogP contribution in [0.2, 0.25) is 0 Å². The Morgan fingerprint density at radius 2 is 1.69 bits per heavy atom. The van der Waals surface area contributed by atoms with Gasteiger partial charge in [-0.2, -0.15) is 0 Å². The Balaban J connectivity index is 0.00000144. The third-order valence-corrected chi connectivity index (χ3v) is 2.11. The Hall–Kier alpha value is -0.420. The van der Waals surface area contributed by atoms with Crippen LogP contribution in [0.5, 0.6) is 0 Å². The lowest BCUT2D eigenvalue weighted by molar-refractivity contribution is 0.536. The van der Waals surface area contributed by atoms with E-state index in [4.69, 9.17) is 5.73 Å². The molecule has 3 nitrogen and oxygen atoms in total. The molecular weight excluding hydrogens is 210 g/mol. The Labute approximate surface area is 86.0 Å². The molecule has 0 fully saturated rings. The predicted octanol–water partition coefficient (Wildman–Crippen LogP) is 0.946. The molecule has 0 amide bonds. The average Bonchev–Trinajstić information content (AvgIpc) is 2.05. The van der Waals surface area contributed by atoms with Gasteiger partial charge in [-0.15, -0.1) is 12.4 Å². The van der Waals surface area contributed by atoms with Gasteiger partial charge in [-0.25, -0.2) is 0 Å². The average molecular weight is 221 g/mol. The van der Waals surface area contributed by atoms with Crippen LogP contribution in [0.15, 0.2) is 24.3 Å². The van der Waals surface area contributed by atoms with Crippen molar-refractivity contribution in [3.63, 3.8) is 0 Å². The van der Waals surface area contributed by atoms with E-state index in [1.54, 1.807) is 12.1 Å². The first kappa shape index (κ1) is 12.6. The molecule has 0 aliphatic heterocycles. The van der Waals surface area contributed by atoms with E-state index in [0.717, 1.165) is 11.1 Å². The summed E-state index contributed by atoms with van der Waals surface area (Å²) in [6.45, 7) is 0.487. The van der Waals surface area contributed by atoms with E-state index in [0.29, 0.717) is 6.54 Å². The fraction of sp³-hybridized carbons (Fsp3) is 0.250. The van der Waals surface area contributed by atoms with Crippen molar-refractivity contribution in [3.05, 3.63) is 35.4 Å². The molecule has 1 aromatic rings. The Morgan fingerprint density at radius 1 is 1.23 bits per heavy atom. The zero-order chi connectivity index (χ0) is 8.97. The van der Waals surface area contributed by atoms with Crippen LogP contribution in [0.3, 0.4) is 0 Å². The summed E-state index contributed by atoms with van der Waals surface area (Å²) < 4.78 is 20.6. The first-order chi connectivity index (χ1) is 5.72. The Morgan fingerprint density at radius 3 is 2.08 bits per heavy atom. The van der Waals surface area contributed by atoms with Crippen LogP contribution >= 0.6 is 12.4 Å². The van der Waals surface area contributed by atoms with Crippen molar-refractivity contribution in [2.45, 2.75) is 12.3 Å². The first-order valence-corrected chi connectivity index (χ1v) is 4.80. The molecule has 1 aromatic carbocycles. The SMILES string of the molecule is Cl.NCc1ccc(CS(=O)[O-])cc1. The molecule has 13 heavy (non-hydrogen) atoms. The van der Waals surface area contributed by atoms with Crippen LogP contribution in [0.4, 0.5) is 0 Å². The molecule has 0 heterocycles. The number of benzene rings is 1. The van der Waals surface area contributed by atoms with Crippen molar-refractivity contribution in [1.29, 1.82) is 0 Å². The van der Waals surface area contributed by atoms with Gasteiger partial charge >= 0.3 is 0 Å². The molecule has 1 unspecified atom stereocenters. The number of hydrogen-bond acceptors (Lipinski definition) is 3. The fourth-order valence-electron chi connectivity index (χ4n) is 0.908. The molecule has 0 aliphatic carbocycles. The van der Waals surface area contributed by atoms with Crippen molar-refractivity contribution < 1.29 is 8.76 Å². The largest absolute Gasteiger partial charge is 0.772 e. The number of hydrogen-bond donors (Lipinski definition) is 1. The van der Waals surface area contributed by atoms with Gasteiger partial charge in [-0.1, -0.05) is 35.3 Å². The smallest absolute Gasteiger partial charge is 0.0353 e. The highest BCUT2D eigenvalue weighted by atomic mass is 35.5. The quantitative estimate of drug-likeness (QED) is 0.772. The van der Waals surface area contributed by atoms with Crippen molar-refractivity contribution in [1.82, 2.24) is 0 Å². The van der Waals surface area contributed by atoms with Crippen molar-refractivity contribution in [3.8, 4) is 0 Å². The highest BCUT2D eigenvalue weighted by Crippen LogP contribution is 2.05. The number of rotatable bonds is 3. The zero-order valence-corrected chi connectivity index (χ0v) is 8.57. The number of halogens is 1. The molecule has 0 saturated heterocycles. The van der Waals surface area contributed by atoms with E-state index < -0.39 is 11.1 Å². The fourth-order valence-corrected chi connectivity index (χ4v) is 1.37. The molecule has 0 radical (unpaired) electrons. The maximum atomic E-state index is 10.3. The van der Waals surface area contributed by atoms with Crippen LogP contribution in [0, 0.1) is 0 Å². The van der Waals surface area contributed by atoms with E-state index in [1.165, 1.54) is 0 Å². The lowest BCUT2D eigenvalue weighted by Crippen LogP contribution is -1.97. The summed E-state index contributed by atoms with van der Waals surface area (Å²) in [4.78, 5) is 0. The van der Waals surface area contributed by atoms with Gasteiger partial charge in [0.25, 0.3) is 0 Å². The van der Waals surface area contributed by atoms with E-state index in [-0.39, 0.29) is 18.2 Å². The van der Waals surface area contributed by atoms with E-state index in [2.05, 4.69) is 0 Å². The molecule has 1 atom stereocenters. The molecule has 74 valence electrons. The van der Waals surface area contributed by atoms with E-state index in [9.17, 15) is 8.76 Å². The molecule has 0 saturated carbocycles. The van der Waals surface area contributed by atoms with Gasteiger partial charge in [-0.3, -0.25) is 4.21 Å². The maximum absolute atomic E-state index is 10.3. The Kier molecular flexibility index (Phi) is 5.90. The van der Waals surface area contributed by atoms with Crippen LogP contribution in [0.25, 0.3) is 0 Å². The van der Waals surface area contributed by atoms with Gasteiger partial charge in [-0.05, 0) is 11.1 Å². The Bertz CT molecular complexity index is 276. The van der Waals surface area contributed by atoms with Crippen LogP contribution in [0.1, 0.15) is 11.1 Å². The van der Waals surface area contributed by atoms with Crippen molar-refractivity contribution >= 4 is 23.5 Å². The maximum Gasteiger partial charge on any atom is 0.0353 e. The molecule has 0 spiro atoms. The lowest BCUT2D eigenvalue weighted by Gasteiger charge is -2.04. The van der Waals surface area contributed by atoms with Gasteiger partial charge in [0.15, 0.2) is 0 Å². The van der Waals surface area contributed by atoms with Gasteiger partial charge in [0.1, 0.15) is 0 Å². The second-order valence-corrected chi connectivity index (χ2v) is 3.36. The van der Waals surface area contributed by atoms with Gasteiger partial charge in [0, 0.05) is 12.3 Å². The molecule has 0 aromatic heterocycles. The van der Waals surface area contributed by atoms with Crippen LogP contribution < -0.4 is 5.73 Å². The third-order valence-electron chi connectivity index (χ3n) is 1.54. The summed E-state index contributed by atoms with van der Waals surface area (Å²) in [7, 11) is 0. The normalized spacial score (nSPS) is 11.8. The van der Waals surface area contributed by atoms with Crippen LogP contribution in [-0.2, 0) is 23.4 Å². The molecule has 5 heteroatoms. The minimum Gasteiger partial charge on any atom is -0.772 e. The second kappa shape index (κ2) is 6.10. The molecular formula is C8H11ClNO2S-. The second-order valence-electron chi connectivity index (χ2n) is 2.47. The van der Waals surface area contributed by atoms with Gasteiger partial charge < -0.3 is 10.3 Å². The third kappa shape index (κ3) is 4.38. The molecule has 0 bridgehead atoms. The minimum atomic E-state index is -2.01. The minimum absolute atomic E-state index is 0. The summed E-state index contributed by atoms with van der Waals surface area (Å²) in [5.74, 6) is 0.0743. The summed E-state index contributed by atoms with van der Waals surface area (Å²) in [5.41, 5.74) is 7.18. The van der Waals surface area contributed by atoms with E-state index >= 15 is 0 Å². The van der Waals surface area contributed by atoms with E-state index in [1.807, 2.05) is 12.1 Å². The van der Waals surface area contributed by atoms with Crippen molar-refractivity contribution in [2.24, 2.45) is 5.73 Å². The summed E-state index contributed by atoms with van der Waals surface area (Å²) in [5, 5.41) is 0. The van der Waals surface area contributed by atoms with Gasteiger partial charge in [0.2, 0.25) is 0 Å². The predicted molar refractivity (Wildman–Crippen MR) is 54.2 cm³/mol. The lowest BCUT2D eigenvalue weighted by atomic mass is 10.1. The molecule has 2 N–H and O–H groups in total. The monoisotopic (exact) mass is 220 g/mol. The van der Waals surface area contributed by atoms with Crippen molar-refractivity contribution in [2.75, 3.05) is 0 Å². The topological polar surface area (TPSA) is 66.2 Å². The highest BCUT2D eigenvalue weighted by molar-refractivity contribution is 7.78.